The highest BCUT2D eigenvalue weighted by atomic mass is 32.2. The van der Waals surface area contributed by atoms with Crippen LogP contribution < -0.4 is 5.32 Å². The number of carboxylic acid groups (broad SMARTS) is 1. The number of aliphatic carboxylic acids is 1. The Labute approximate surface area is 150 Å². The Morgan fingerprint density at radius 1 is 1.40 bits per heavy atom. The van der Waals surface area contributed by atoms with E-state index in [-0.39, 0.29) is 12.3 Å². The number of amides is 1. The lowest BCUT2D eigenvalue weighted by atomic mass is 10.1. The van der Waals surface area contributed by atoms with Crippen molar-refractivity contribution >= 4 is 35.0 Å². The number of nitrogens with zero attached hydrogens (tertiary/aromatic N) is 3. The second kappa shape index (κ2) is 8.26. The lowest BCUT2D eigenvalue weighted by Gasteiger charge is -2.14. The van der Waals surface area contributed by atoms with Crippen molar-refractivity contribution in [2.24, 2.45) is 10.2 Å². The predicted octanol–water partition coefficient (Wildman–Crippen LogP) is 1.68. The Morgan fingerprint density at radius 3 is 2.96 bits per heavy atom. The smallest absolute Gasteiger partial charge is 0.305 e. The van der Waals surface area contributed by atoms with Gasteiger partial charge in [-0.3, -0.25) is 14.5 Å². The van der Waals surface area contributed by atoms with E-state index < -0.39 is 11.2 Å². The van der Waals surface area contributed by atoms with E-state index in [0.717, 1.165) is 37.0 Å². The van der Waals surface area contributed by atoms with Crippen LogP contribution in [0.15, 0.2) is 34.5 Å². The van der Waals surface area contributed by atoms with Crippen LogP contribution in [-0.4, -0.2) is 51.6 Å². The van der Waals surface area contributed by atoms with Gasteiger partial charge in [-0.25, -0.2) is 0 Å². The fourth-order valence-electron chi connectivity index (χ4n) is 2.86. The molecule has 132 valence electrons. The van der Waals surface area contributed by atoms with E-state index in [0.29, 0.717) is 5.17 Å². The molecule has 2 N–H and O–H groups in total. The first kappa shape index (κ1) is 17.6. The zero-order valence-electron chi connectivity index (χ0n) is 13.7. The Morgan fingerprint density at radius 2 is 2.20 bits per heavy atom. The predicted molar refractivity (Wildman–Crippen MR) is 97.8 cm³/mol. The summed E-state index contributed by atoms with van der Waals surface area (Å²) in [7, 11) is 0. The summed E-state index contributed by atoms with van der Waals surface area (Å²) < 4.78 is 0. The molecule has 1 atom stereocenters. The van der Waals surface area contributed by atoms with E-state index in [1.54, 1.807) is 6.21 Å². The van der Waals surface area contributed by atoms with Crippen molar-refractivity contribution in [3.63, 3.8) is 0 Å². The average Bonchev–Trinajstić information content (AvgIpc) is 3.18. The number of carboxylic acids is 1. The van der Waals surface area contributed by atoms with Crippen LogP contribution in [0.1, 0.15) is 30.4 Å². The molecule has 2 saturated heterocycles. The van der Waals surface area contributed by atoms with Gasteiger partial charge in [0, 0.05) is 6.54 Å². The van der Waals surface area contributed by atoms with Gasteiger partial charge in [0.1, 0.15) is 5.25 Å². The van der Waals surface area contributed by atoms with Gasteiger partial charge in [-0.1, -0.05) is 30.0 Å². The van der Waals surface area contributed by atoms with Crippen LogP contribution in [-0.2, 0) is 16.1 Å². The molecule has 0 saturated carbocycles. The van der Waals surface area contributed by atoms with Crippen molar-refractivity contribution < 1.29 is 14.7 Å². The topological polar surface area (TPSA) is 94.4 Å². The second-order valence-electron chi connectivity index (χ2n) is 6.07. The highest BCUT2D eigenvalue weighted by molar-refractivity contribution is 8.15. The van der Waals surface area contributed by atoms with Gasteiger partial charge in [0.15, 0.2) is 5.17 Å². The summed E-state index contributed by atoms with van der Waals surface area (Å²) in [6.07, 6.45) is 3.95. The third kappa shape index (κ3) is 5.14. The van der Waals surface area contributed by atoms with E-state index in [4.69, 9.17) is 5.11 Å². The molecule has 2 aliphatic rings. The maximum atomic E-state index is 11.6. The third-order valence-corrected chi connectivity index (χ3v) is 5.12. The molecule has 2 heterocycles. The highest BCUT2D eigenvalue weighted by Gasteiger charge is 2.32. The molecule has 1 unspecified atom stereocenters. The minimum Gasteiger partial charge on any atom is -0.481 e. The van der Waals surface area contributed by atoms with E-state index >= 15 is 0 Å². The average molecular weight is 360 g/mol. The zero-order chi connectivity index (χ0) is 17.6. The number of hydrogen-bond acceptors (Lipinski definition) is 6. The summed E-state index contributed by atoms with van der Waals surface area (Å²) in [4.78, 5) is 24.8. The van der Waals surface area contributed by atoms with Gasteiger partial charge in [-0.05, 0) is 43.1 Å². The van der Waals surface area contributed by atoms with E-state index in [9.17, 15) is 9.59 Å². The Kier molecular flexibility index (Phi) is 5.83. The summed E-state index contributed by atoms with van der Waals surface area (Å²) in [6, 6.07) is 8.13. The number of hydrogen-bond donors (Lipinski definition) is 2. The summed E-state index contributed by atoms with van der Waals surface area (Å²) in [5.74, 6) is -1.35. The van der Waals surface area contributed by atoms with Gasteiger partial charge in [0.25, 0.3) is 0 Å². The van der Waals surface area contributed by atoms with Gasteiger partial charge >= 0.3 is 5.97 Å². The second-order valence-corrected chi connectivity index (χ2v) is 7.26. The van der Waals surface area contributed by atoms with E-state index in [2.05, 4.69) is 32.6 Å². The van der Waals surface area contributed by atoms with E-state index in [1.807, 2.05) is 12.1 Å². The van der Waals surface area contributed by atoms with Gasteiger partial charge in [0.05, 0.1) is 12.6 Å². The van der Waals surface area contributed by atoms with Crippen molar-refractivity contribution in [1.82, 2.24) is 10.2 Å². The first-order valence-corrected chi connectivity index (χ1v) is 9.10. The summed E-state index contributed by atoms with van der Waals surface area (Å²) >= 11 is 1.09. The van der Waals surface area contributed by atoms with Crippen molar-refractivity contribution in [3.8, 4) is 0 Å². The van der Waals surface area contributed by atoms with Crippen LogP contribution in [0.5, 0.6) is 0 Å². The van der Waals surface area contributed by atoms with Crippen LogP contribution >= 0.6 is 11.8 Å². The van der Waals surface area contributed by atoms with Gasteiger partial charge in [-0.15, -0.1) is 5.10 Å². The molecule has 1 amide bonds. The molecule has 1 aromatic carbocycles. The van der Waals surface area contributed by atoms with Gasteiger partial charge in [-0.2, -0.15) is 5.10 Å². The molecule has 0 aromatic heterocycles. The fourth-order valence-corrected chi connectivity index (χ4v) is 3.78. The quantitative estimate of drug-likeness (QED) is 0.595. The molecule has 0 radical (unpaired) electrons. The maximum absolute atomic E-state index is 11.6. The number of likely N-dealkylation sites (tertiary alicyclic amines) is 1. The first-order chi connectivity index (χ1) is 12.1. The Balaban J connectivity index is 1.58. The van der Waals surface area contributed by atoms with Crippen molar-refractivity contribution in [3.05, 3.63) is 35.4 Å². The number of benzene rings is 1. The lowest BCUT2D eigenvalue weighted by Crippen LogP contribution is -2.26. The van der Waals surface area contributed by atoms with Crippen molar-refractivity contribution in [1.29, 1.82) is 0 Å². The molecule has 1 aromatic rings. The van der Waals surface area contributed by atoms with Crippen molar-refractivity contribution in [2.45, 2.75) is 31.1 Å². The fraction of sp³-hybridized carbons (Fsp3) is 0.412. The van der Waals surface area contributed by atoms with Crippen LogP contribution in [0.3, 0.4) is 0 Å². The van der Waals surface area contributed by atoms with Crippen LogP contribution in [0.4, 0.5) is 0 Å². The number of carbonyl (C=O) groups is 2. The monoisotopic (exact) mass is 360 g/mol. The number of carbonyl (C=O) groups excluding carboxylic acids is 1. The van der Waals surface area contributed by atoms with Crippen LogP contribution in [0.2, 0.25) is 0 Å². The molecule has 0 bridgehead atoms. The lowest BCUT2D eigenvalue weighted by molar-refractivity contribution is -0.138. The molecule has 8 heteroatoms. The molecule has 2 aliphatic heterocycles. The minimum absolute atomic E-state index is 0.224. The molecule has 25 heavy (non-hydrogen) atoms. The normalized spacial score (nSPS) is 22.8. The Hall–Kier alpha value is -2.19. The molecule has 0 aliphatic carbocycles. The van der Waals surface area contributed by atoms with Crippen LogP contribution in [0, 0.1) is 0 Å². The molecule has 7 nitrogen and oxygen atoms in total. The van der Waals surface area contributed by atoms with E-state index in [1.165, 1.54) is 18.4 Å². The molecule has 3 rings (SSSR count). The number of rotatable bonds is 6. The molecule has 0 spiro atoms. The number of nitrogens with one attached hydrogen (secondary N) is 1. The Bertz CT molecular complexity index is 714. The minimum atomic E-state index is -1.01. The third-order valence-electron chi connectivity index (χ3n) is 4.05. The summed E-state index contributed by atoms with van der Waals surface area (Å²) in [5, 5.41) is 19.0. The summed E-state index contributed by atoms with van der Waals surface area (Å²) in [6.45, 7) is 3.25. The molecular formula is C17H20N4O3S. The highest BCUT2D eigenvalue weighted by Crippen LogP contribution is 2.22. The largest absolute Gasteiger partial charge is 0.481 e. The molecule has 2 fully saturated rings. The van der Waals surface area contributed by atoms with Gasteiger partial charge in [0.2, 0.25) is 5.91 Å². The number of amidine groups is 1. The standard InChI is InChI=1S/C17H20N4O3S/c22-15(23)9-14-16(24)19-17(25-14)20-18-10-12-4-3-5-13(8-12)11-21-6-1-2-7-21/h3-5,8,10,14H,1-2,6-7,9,11H2,(H,22,23)(H,19,20,24). The SMILES string of the molecule is O=C(O)CC1SC(=NN=Cc2cccc(CN3CCCC3)c2)NC1=O. The van der Waals surface area contributed by atoms with Crippen LogP contribution in [0.25, 0.3) is 0 Å². The van der Waals surface area contributed by atoms with Crippen molar-refractivity contribution in [2.75, 3.05) is 13.1 Å². The molecular weight excluding hydrogens is 340 g/mol. The zero-order valence-corrected chi connectivity index (χ0v) is 14.5. The first-order valence-electron chi connectivity index (χ1n) is 8.22. The van der Waals surface area contributed by atoms with Gasteiger partial charge < -0.3 is 10.4 Å². The summed E-state index contributed by atoms with van der Waals surface area (Å²) in [5.41, 5.74) is 2.18. The number of thioether (sulfide) groups is 1. The maximum Gasteiger partial charge on any atom is 0.305 e.